The van der Waals surface area contributed by atoms with E-state index in [4.69, 9.17) is 18.9 Å². The van der Waals surface area contributed by atoms with Crippen LogP contribution in [0.3, 0.4) is 0 Å². The Bertz CT molecular complexity index is 1050. The summed E-state index contributed by atoms with van der Waals surface area (Å²) in [6.07, 6.45) is -4.01. The van der Waals surface area contributed by atoms with Gasteiger partial charge in [0.2, 0.25) is 12.4 Å². The van der Waals surface area contributed by atoms with Gasteiger partial charge in [-0.3, -0.25) is 33.7 Å². The molecule has 2 aromatic rings. The molecule has 0 amide bonds. The number of imidazole rings is 1. The SMILES string of the molecule is CC(=O)OC1OC(n2cnc3c(=O)[nH]c(=O)[nH]c32)C(OC(C)=O)C1OC(C)=O. The van der Waals surface area contributed by atoms with E-state index in [-0.39, 0.29) is 11.2 Å². The zero-order chi connectivity index (χ0) is 20.6. The standard InChI is InChI=1S/C15H16N4O9/c1-5(20)25-9-10(26-6(2)21)14(27-7(3)22)28-13(9)19-4-16-8-11(19)17-15(24)18-12(8)23/h4,9-10,13-14H,1-3H3,(H2,17,18,23,24). The van der Waals surface area contributed by atoms with Gasteiger partial charge < -0.3 is 18.9 Å². The minimum atomic E-state index is -1.40. The summed E-state index contributed by atoms with van der Waals surface area (Å²) in [7, 11) is 0. The van der Waals surface area contributed by atoms with E-state index < -0.39 is 53.9 Å². The zero-order valence-electron chi connectivity index (χ0n) is 15.0. The minimum absolute atomic E-state index is 0.0269. The number of carbonyl (C=O) groups excluding carboxylic acids is 3. The summed E-state index contributed by atoms with van der Waals surface area (Å²) in [4.78, 5) is 66.3. The number of aromatic amines is 2. The van der Waals surface area contributed by atoms with Crippen LogP contribution in [-0.4, -0.2) is 55.9 Å². The van der Waals surface area contributed by atoms with E-state index in [0.717, 1.165) is 27.1 Å². The number of fused-ring (bicyclic) bond motifs is 1. The lowest BCUT2D eigenvalue weighted by Crippen LogP contribution is -2.40. The number of hydrogen-bond acceptors (Lipinski definition) is 10. The van der Waals surface area contributed by atoms with Crippen molar-refractivity contribution in [3.05, 3.63) is 27.2 Å². The Morgan fingerprint density at radius 2 is 1.61 bits per heavy atom. The number of ether oxygens (including phenoxy) is 4. The third-order valence-corrected chi connectivity index (χ3v) is 3.77. The van der Waals surface area contributed by atoms with E-state index in [1.165, 1.54) is 4.57 Å². The maximum Gasteiger partial charge on any atom is 0.327 e. The average molecular weight is 396 g/mol. The van der Waals surface area contributed by atoms with E-state index >= 15 is 0 Å². The average Bonchev–Trinajstić information content (AvgIpc) is 3.09. The van der Waals surface area contributed by atoms with Crippen molar-refractivity contribution in [2.24, 2.45) is 0 Å². The Kier molecular flexibility index (Phi) is 5.00. The molecule has 150 valence electrons. The monoisotopic (exact) mass is 396 g/mol. The van der Waals surface area contributed by atoms with Crippen molar-refractivity contribution in [2.75, 3.05) is 0 Å². The van der Waals surface area contributed by atoms with Gasteiger partial charge >= 0.3 is 23.6 Å². The van der Waals surface area contributed by atoms with Crippen molar-refractivity contribution in [3.63, 3.8) is 0 Å². The number of hydrogen-bond donors (Lipinski definition) is 2. The fourth-order valence-electron chi connectivity index (χ4n) is 2.87. The van der Waals surface area contributed by atoms with Crippen molar-refractivity contribution >= 4 is 29.1 Å². The van der Waals surface area contributed by atoms with Crippen LogP contribution in [0.15, 0.2) is 15.9 Å². The molecule has 0 spiro atoms. The van der Waals surface area contributed by atoms with Crippen LogP contribution in [0.4, 0.5) is 0 Å². The summed E-state index contributed by atoms with van der Waals surface area (Å²) in [5, 5.41) is 0. The number of H-pyrrole nitrogens is 2. The van der Waals surface area contributed by atoms with E-state index in [9.17, 15) is 24.0 Å². The fourth-order valence-corrected chi connectivity index (χ4v) is 2.87. The molecule has 4 unspecified atom stereocenters. The van der Waals surface area contributed by atoms with Crippen LogP contribution in [0.2, 0.25) is 0 Å². The molecular weight excluding hydrogens is 380 g/mol. The van der Waals surface area contributed by atoms with E-state index in [1.807, 2.05) is 4.98 Å². The maximum atomic E-state index is 11.9. The van der Waals surface area contributed by atoms with E-state index in [2.05, 4.69) is 9.97 Å². The Morgan fingerprint density at radius 3 is 2.21 bits per heavy atom. The predicted octanol–water partition coefficient (Wildman–Crippen LogP) is -1.31. The third kappa shape index (κ3) is 3.64. The number of nitrogens with zero attached hydrogens (tertiary/aromatic N) is 2. The molecule has 0 bridgehead atoms. The van der Waals surface area contributed by atoms with Crippen molar-refractivity contribution in [3.8, 4) is 0 Å². The number of aromatic nitrogens is 4. The highest BCUT2D eigenvalue weighted by Crippen LogP contribution is 2.35. The molecule has 13 nitrogen and oxygen atoms in total. The normalized spacial score (nSPS) is 24.1. The first-order valence-corrected chi connectivity index (χ1v) is 8.03. The summed E-state index contributed by atoms with van der Waals surface area (Å²) in [5.41, 5.74) is -1.67. The number of esters is 3. The molecule has 13 heteroatoms. The molecule has 2 aromatic heterocycles. The van der Waals surface area contributed by atoms with Crippen LogP contribution >= 0.6 is 0 Å². The molecule has 0 saturated carbocycles. The van der Waals surface area contributed by atoms with Gasteiger partial charge in [0.25, 0.3) is 5.56 Å². The quantitative estimate of drug-likeness (QED) is 0.467. The first-order valence-electron chi connectivity index (χ1n) is 8.03. The smallest absolute Gasteiger partial charge is 0.327 e. The molecule has 28 heavy (non-hydrogen) atoms. The second kappa shape index (κ2) is 7.26. The predicted molar refractivity (Wildman–Crippen MR) is 87.8 cm³/mol. The van der Waals surface area contributed by atoms with Gasteiger partial charge in [0.05, 0.1) is 6.33 Å². The Hall–Kier alpha value is -3.48. The van der Waals surface area contributed by atoms with Crippen LogP contribution in [0.25, 0.3) is 11.2 Å². The van der Waals surface area contributed by atoms with Crippen molar-refractivity contribution in [1.29, 1.82) is 0 Å². The Balaban J connectivity index is 2.10. The van der Waals surface area contributed by atoms with E-state index in [0.29, 0.717) is 0 Å². The third-order valence-electron chi connectivity index (χ3n) is 3.77. The molecule has 0 radical (unpaired) electrons. The first-order chi connectivity index (χ1) is 13.2. The molecule has 1 aliphatic heterocycles. The van der Waals surface area contributed by atoms with E-state index in [1.54, 1.807) is 0 Å². The molecule has 1 aliphatic rings. The Labute approximate surface area is 155 Å². The molecule has 4 atom stereocenters. The zero-order valence-corrected chi connectivity index (χ0v) is 15.0. The van der Waals surface area contributed by atoms with Crippen LogP contribution in [0, 0.1) is 0 Å². The molecule has 2 N–H and O–H groups in total. The molecule has 1 saturated heterocycles. The van der Waals surface area contributed by atoms with Gasteiger partial charge in [0, 0.05) is 20.8 Å². The number of nitrogens with one attached hydrogen (secondary N) is 2. The summed E-state index contributed by atoms with van der Waals surface area (Å²) in [6.45, 7) is 3.36. The fraction of sp³-hybridized carbons (Fsp3) is 0.467. The van der Waals surface area contributed by atoms with Crippen LogP contribution in [0.1, 0.15) is 27.0 Å². The lowest BCUT2D eigenvalue weighted by Gasteiger charge is -2.23. The maximum absolute atomic E-state index is 11.9. The summed E-state index contributed by atoms with van der Waals surface area (Å²) < 4.78 is 22.2. The number of carbonyl (C=O) groups is 3. The highest BCUT2D eigenvalue weighted by Gasteiger charge is 2.52. The molecular formula is C15H16N4O9. The molecule has 0 aliphatic carbocycles. The van der Waals surface area contributed by atoms with Gasteiger partial charge in [-0.15, -0.1) is 0 Å². The molecule has 0 aromatic carbocycles. The van der Waals surface area contributed by atoms with Gasteiger partial charge in [-0.2, -0.15) is 0 Å². The molecule has 1 fully saturated rings. The summed E-state index contributed by atoms with van der Waals surface area (Å²) in [5.74, 6) is -2.19. The van der Waals surface area contributed by atoms with Crippen LogP contribution in [0.5, 0.6) is 0 Å². The van der Waals surface area contributed by atoms with Gasteiger partial charge in [-0.1, -0.05) is 0 Å². The Morgan fingerprint density at radius 1 is 1.00 bits per heavy atom. The molecule has 3 rings (SSSR count). The first kappa shape index (κ1) is 19.3. The largest absolute Gasteiger partial charge is 0.453 e. The number of rotatable bonds is 4. The summed E-state index contributed by atoms with van der Waals surface area (Å²) in [6, 6.07) is 0. The summed E-state index contributed by atoms with van der Waals surface area (Å²) >= 11 is 0. The molecule has 3 heterocycles. The van der Waals surface area contributed by atoms with Crippen LogP contribution in [-0.2, 0) is 33.3 Å². The topological polar surface area (TPSA) is 172 Å². The van der Waals surface area contributed by atoms with Crippen molar-refractivity contribution in [1.82, 2.24) is 19.5 Å². The van der Waals surface area contributed by atoms with Gasteiger partial charge in [0.15, 0.2) is 17.8 Å². The lowest BCUT2D eigenvalue weighted by molar-refractivity contribution is -0.198. The lowest BCUT2D eigenvalue weighted by atomic mass is 10.2. The van der Waals surface area contributed by atoms with Gasteiger partial charge in [-0.25, -0.2) is 9.78 Å². The van der Waals surface area contributed by atoms with Gasteiger partial charge in [-0.05, 0) is 0 Å². The highest BCUT2D eigenvalue weighted by atomic mass is 16.8. The van der Waals surface area contributed by atoms with Crippen LogP contribution < -0.4 is 11.2 Å². The van der Waals surface area contributed by atoms with Crippen molar-refractivity contribution < 1.29 is 33.3 Å². The van der Waals surface area contributed by atoms with Crippen molar-refractivity contribution in [2.45, 2.75) is 45.5 Å². The second-order valence-electron chi connectivity index (χ2n) is 5.91. The second-order valence-corrected chi connectivity index (χ2v) is 5.91. The highest BCUT2D eigenvalue weighted by molar-refractivity contribution is 5.70. The van der Waals surface area contributed by atoms with Gasteiger partial charge in [0.1, 0.15) is 5.65 Å². The minimum Gasteiger partial charge on any atom is -0.453 e.